The van der Waals surface area contributed by atoms with Gasteiger partial charge in [0.1, 0.15) is 0 Å². The fourth-order valence-electron chi connectivity index (χ4n) is 1.81. The van der Waals surface area contributed by atoms with Crippen LogP contribution in [0.4, 0.5) is 0 Å². The second-order valence-electron chi connectivity index (χ2n) is 4.61. The summed E-state index contributed by atoms with van der Waals surface area (Å²) in [6.45, 7) is 5.08. The number of hydrogen-bond acceptors (Lipinski definition) is 6. The van der Waals surface area contributed by atoms with Crippen LogP contribution >= 0.6 is 0 Å². The fraction of sp³-hybridized carbons (Fsp3) is 0.500. The van der Waals surface area contributed by atoms with E-state index in [2.05, 4.69) is 20.2 Å². The molecule has 2 aromatic heterocycles. The highest BCUT2D eigenvalue weighted by Crippen LogP contribution is 2.13. The zero-order chi connectivity index (χ0) is 15.5. The molecular formula is C12H19N5O3S. The van der Waals surface area contributed by atoms with E-state index in [0.29, 0.717) is 18.3 Å². The van der Waals surface area contributed by atoms with Crippen LogP contribution in [0.15, 0.2) is 21.7 Å². The first-order valence-corrected chi connectivity index (χ1v) is 8.05. The lowest BCUT2D eigenvalue weighted by Gasteiger charge is -2.02. The van der Waals surface area contributed by atoms with E-state index >= 15 is 0 Å². The average molecular weight is 313 g/mol. The Morgan fingerprint density at radius 2 is 2.14 bits per heavy atom. The smallest absolute Gasteiger partial charge is 0.242 e. The van der Waals surface area contributed by atoms with E-state index in [0.717, 1.165) is 12.2 Å². The van der Waals surface area contributed by atoms with Gasteiger partial charge in [-0.05, 0) is 12.6 Å². The summed E-state index contributed by atoms with van der Waals surface area (Å²) < 4.78 is 33.5. The molecule has 0 bridgehead atoms. The minimum absolute atomic E-state index is 0.00287. The molecule has 8 nitrogen and oxygen atoms in total. The Morgan fingerprint density at radius 3 is 2.76 bits per heavy atom. The Bertz CT molecular complexity index is 704. The van der Waals surface area contributed by atoms with Crippen molar-refractivity contribution in [1.29, 1.82) is 0 Å². The van der Waals surface area contributed by atoms with E-state index in [9.17, 15) is 8.42 Å². The maximum absolute atomic E-state index is 12.2. The third-order valence-electron chi connectivity index (χ3n) is 2.94. The highest BCUT2D eigenvalue weighted by atomic mass is 32.2. The molecule has 0 fully saturated rings. The maximum atomic E-state index is 12.2. The monoisotopic (exact) mass is 313 g/mol. The van der Waals surface area contributed by atoms with Gasteiger partial charge in [0, 0.05) is 32.4 Å². The fourth-order valence-corrected chi connectivity index (χ4v) is 2.88. The number of sulfonamides is 1. The first-order chi connectivity index (χ1) is 9.92. The van der Waals surface area contributed by atoms with E-state index in [1.54, 1.807) is 23.8 Å². The first-order valence-electron chi connectivity index (χ1n) is 6.57. The average Bonchev–Trinajstić information content (AvgIpc) is 3.01. The molecule has 0 atom stereocenters. The van der Waals surface area contributed by atoms with Gasteiger partial charge >= 0.3 is 0 Å². The van der Waals surface area contributed by atoms with Crippen molar-refractivity contribution in [2.75, 3.05) is 6.54 Å². The van der Waals surface area contributed by atoms with Gasteiger partial charge in [-0.1, -0.05) is 12.1 Å². The number of rotatable bonds is 7. The molecule has 0 aliphatic heterocycles. The van der Waals surface area contributed by atoms with E-state index in [1.165, 1.54) is 0 Å². The van der Waals surface area contributed by atoms with Crippen molar-refractivity contribution in [2.24, 2.45) is 7.05 Å². The van der Waals surface area contributed by atoms with Gasteiger partial charge in [-0.2, -0.15) is 4.98 Å². The second-order valence-corrected chi connectivity index (χ2v) is 6.38. The molecule has 0 unspecified atom stereocenters. The van der Waals surface area contributed by atoms with E-state index in [-0.39, 0.29) is 11.4 Å². The molecule has 0 amide bonds. The Kier molecular flexibility index (Phi) is 4.76. The van der Waals surface area contributed by atoms with Crippen molar-refractivity contribution in [3.8, 4) is 0 Å². The van der Waals surface area contributed by atoms with Gasteiger partial charge in [-0.25, -0.2) is 13.1 Å². The lowest BCUT2D eigenvalue weighted by molar-refractivity contribution is 0.387. The summed E-state index contributed by atoms with van der Waals surface area (Å²) in [5, 5.41) is 6.81. The van der Waals surface area contributed by atoms with Crippen LogP contribution in [0.2, 0.25) is 0 Å². The highest BCUT2D eigenvalue weighted by Gasteiger charge is 2.18. The molecule has 116 valence electrons. The summed E-state index contributed by atoms with van der Waals surface area (Å²) in [6, 6.07) is 1.65. The predicted octanol–water partition coefficient (Wildman–Crippen LogP) is 0.305. The van der Waals surface area contributed by atoms with Gasteiger partial charge in [0.15, 0.2) is 5.82 Å². The molecule has 21 heavy (non-hydrogen) atoms. The van der Waals surface area contributed by atoms with Crippen LogP contribution in [0.1, 0.15) is 24.3 Å². The van der Waals surface area contributed by atoms with Crippen LogP contribution < -0.4 is 10.0 Å². The minimum Gasteiger partial charge on any atom is -0.352 e. The summed E-state index contributed by atoms with van der Waals surface area (Å²) >= 11 is 0. The van der Waals surface area contributed by atoms with Crippen molar-refractivity contribution in [3.05, 3.63) is 29.7 Å². The Balaban J connectivity index is 2.08. The Hall–Kier alpha value is -1.71. The molecule has 0 aliphatic rings. The van der Waals surface area contributed by atoms with Crippen molar-refractivity contribution in [1.82, 2.24) is 24.7 Å². The zero-order valence-corrected chi connectivity index (χ0v) is 13.1. The molecule has 0 saturated heterocycles. The van der Waals surface area contributed by atoms with Crippen LogP contribution in [0.3, 0.4) is 0 Å². The first kappa shape index (κ1) is 15.7. The third kappa shape index (κ3) is 3.90. The molecule has 0 radical (unpaired) electrons. The van der Waals surface area contributed by atoms with E-state index in [4.69, 9.17) is 4.52 Å². The molecule has 9 heteroatoms. The summed E-state index contributed by atoms with van der Waals surface area (Å²) in [5.74, 6) is 0.705. The van der Waals surface area contributed by atoms with Gasteiger partial charge in [0.25, 0.3) is 0 Å². The van der Waals surface area contributed by atoms with Crippen molar-refractivity contribution in [3.63, 3.8) is 0 Å². The number of aromatic nitrogens is 3. The summed E-state index contributed by atoms with van der Waals surface area (Å²) in [6.07, 6.45) is 1.58. The standard InChI is InChI=1S/C12H19N5O3S/c1-4-13-6-10-5-11(8-17(10)3)21(18,19)14-7-12-15-9(2)20-16-12/h5,8,13-14H,4,6-7H2,1-3H3. The number of hydrogen-bond donors (Lipinski definition) is 2. The van der Waals surface area contributed by atoms with Crippen molar-refractivity contribution in [2.45, 2.75) is 31.8 Å². The molecule has 0 spiro atoms. The third-order valence-corrected chi connectivity index (χ3v) is 4.31. The Morgan fingerprint density at radius 1 is 1.38 bits per heavy atom. The minimum atomic E-state index is -3.60. The second kappa shape index (κ2) is 6.37. The van der Waals surface area contributed by atoms with Gasteiger partial charge in [-0.15, -0.1) is 0 Å². The summed E-state index contributed by atoms with van der Waals surface area (Å²) in [7, 11) is -1.78. The quantitative estimate of drug-likeness (QED) is 0.762. The number of nitrogens with one attached hydrogen (secondary N) is 2. The van der Waals surface area contributed by atoms with Crippen LogP contribution in [0.5, 0.6) is 0 Å². The molecule has 2 heterocycles. The highest BCUT2D eigenvalue weighted by molar-refractivity contribution is 7.89. The molecule has 0 saturated carbocycles. The lowest BCUT2D eigenvalue weighted by atomic mass is 10.4. The van der Waals surface area contributed by atoms with E-state index < -0.39 is 10.0 Å². The van der Waals surface area contributed by atoms with Gasteiger partial charge in [0.05, 0.1) is 11.4 Å². The van der Waals surface area contributed by atoms with Crippen LogP contribution in [-0.2, 0) is 30.2 Å². The number of nitrogens with zero attached hydrogens (tertiary/aromatic N) is 3. The van der Waals surface area contributed by atoms with Crippen LogP contribution in [0.25, 0.3) is 0 Å². The molecule has 2 rings (SSSR count). The SMILES string of the molecule is CCNCc1cc(S(=O)(=O)NCc2noc(C)n2)cn1C. The summed E-state index contributed by atoms with van der Waals surface area (Å²) in [4.78, 5) is 4.17. The van der Waals surface area contributed by atoms with Crippen LogP contribution in [0, 0.1) is 6.92 Å². The van der Waals surface area contributed by atoms with Gasteiger partial charge in [0.2, 0.25) is 15.9 Å². The van der Waals surface area contributed by atoms with Gasteiger partial charge in [-0.3, -0.25) is 0 Å². The van der Waals surface area contributed by atoms with E-state index in [1.807, 2.05) is 14.0 Å². The van der Waals surface area contributed by atoms with Crippen molar-refractivity contribution >= 4 is 10.0 Å². The zero-order valence-electron chi connectivity index (χ0n) is 12.3. The molecular weight excluding hydrogens is 294 g/mol. The predicted molar refractivity (Wildman–Crippen MR) is 75.9 cm³/mol. The van der Waals surface area contributed by atoms with Crippen LogP contribution in [-0.4, -0.2) is 29.7 Å². The van der Waals surface area contributed by atoms with Gasteiger partial charge < -0.3 is 14.4 Å². The topological polar surface area (TPSA) is 102 Å². The maximum Gasteiger partial charge on any atom is 0.242 e. The largest absolute Gasteiger partial charge is 0.352 e. The number of aryl methyl sites for hydroxylation is 2. The molecule has 2 aromatic rings. The molecule has 0 aromatic carbocycles. The Labute approximate surface area is 123 Å². The van der Waals surface area contributed by atoms with Crippen molar-refractivity contribution < 1.29 is 12.9 Å². The molecule has 2 N–H and O–H groups in total. The lowest BCUT2D eigenvalue weighted by Crippen LogP contribution is -2.23. The normalized spacial score (nSPS) is 12.0. The molecule has 0 aliphatic carbocycles. The summed E-state index contributed by atoms with van der Waals surface area (Å²) in [5.41, 5.74) is 0.896.